The van der Waals surface area contributed by atoms with Crippen molar-refractivity contribution in [2.75, 3.05) is 7.05 Å². The molecule has 0 heterocycles. The molecule has 0 aliphatic carbocycles. The largest absolute Gasteiger partial charge is 0.454 e. The quantitative estimate of drug-likeness (QED) is 0.868. The summed E-state index contributed by atoms with van der Waals surface area (Å²) >= 11 is 0. The van der Waals surface area contributed by atoms with Crippen LogP contribution in [0.3, 0.4) is 0 Å². The fourth-order valence-corrected chi connectivity index (χ4v) is 1.99. The highest BCUT2D eigenvalue weighted by atomic mass is 19.1. The van der Waals surface area contributed by atoms with Gasteiger partial charge in [0, 0.05) is 6.54 Å². The molecule has 0 aromatic heterocycles. The maximum atomic E-state index is 13.9. The zero-order valence-corrected chi connectivity index (χ0v) is 12.1. The average molecular weight is 273 g/mol. The third kappa shape index (κ3) is 3.58. The molecule has 0 fully saturated rings. The molecule has 3 heteroatoms. The van der Waals surface area contributed by atoms with Crippen molar-refractivity contribution in [3.8, 4) is 11.5 Å². The van der Waals surface area contributed by atoms with Crippen molar-refractivity contribution in [1.82, 2.24) is 5.32 Å². The summed E-state index contributed by atoms with van der Waals surface area (Å²) < 4.78 is 19.5. The number of halogens is 1. The summed E-state index contributed by atoms with van der Waals surface area (Å²) in [4.78, 5) is 0. The van der Waals surface area contributed by atoms with Gasteiger partial charge < -0.3 is 10.1 Å². The Kier molecular flexibility index (Phi) is 4.74. The first kappa shape index (κ1) is 14.5. The standard InChI is InChI=1S/C17H20FNO/c1-12(2)14-5-7-15(8-6-14)20-17-9-4-13(11-19-3)10-16(17)18/h4-10,12,19H,11H2,1-3H3. The molecule has 0 saturated carbocycles. The highest BCUT2D eigenvalue weighted by Crippen LogP contribution is 2.26. The van der Waals surface area contributed by atoms with Crippen LogP contribution in [0.5, 0.6) is 11.5 Å². The van der Waals surface area contributed by atoms with E-state index in [1.807, 2.05) is 37.4 Å². The van der Waals surface area contributed by atoms with Gasteiger partial charge in [-0.15, -0.1) is 0 Å². The van der Waals surface area contributed by atoms with Crippen LogP contribution in [0.1, 0.15) is 30.9 Å². The van der Waals surface area contributed by atoms with Crippen LogP contribution in [0, 0.1) is 5.82 Å². The summed E-state index contributed by atoms with van der Waals surface area (Å²) in [7, 11) is 1.83. The summed E-state index contributed by atoms with van der Waals surface area (Å²) in [6, 6.07) is 12.8. The van der Waals surface area contributed by atoms with Gasteiger partial charge in [0.25, 0.3) is 0 Å². The molecule has 2 nitrogen and oxygen atoms in total. The van der Waals surface area contributed by atoms with E-state index in [-0.39, 0.29) is 11.6 Å². The van der Waals surface area contributed by atoms with Gasteiger partial charge in [0.1, 0.15) is 5.75 Å². The Hall–Kier alpha value is -1.87. The normalized spacial score (nSPS) is 10.8. The van der Waals surface area contributed by atoms with Crippen LogP contribution in [-0.4, -0.2) is 7.05 Å². The average Bonchev–Trinajstić information content (AvgIpc) is 2.43. The molecule has 0 unspecified atom stereocenters. The number of rotatable bonds is 5. The minimum absolute atomic E-state index is 0.252. The number of nitrogens with one attached hydrogen (secondary N) is 1. The van der Waals surface area contributed by atoms with Gasteiger partial charge >= 0.3 is 0 Å². The van der Waals surface area contributed by atoms with Crippen LogP contribution in [0.4, 0.5) is 4.39 Å². The summed E-state index contributed by atoms with van der Waals surface area (Å²) in [6.07, 6.45) is 0. The van der Waals surface area contributed by atoms with Crippen molar-refractivity contribution in [3.05, 3.63) is 59.4 Å². The lowest BCUT2D eigenvalue weighted by Crippen LogP contribution is -2.05. The predicted octanol–water partition coefficient (Wildman–Crippen LogP) is 4.46. The van der Waals surface area contributed by atoms with Crippen LogP contribution >= 0.6 is 0 Å². The topological polar surface area (TPSA) is 21.3 Å². The Balaban J connectivity index is 2.13. The van der Waals surface area contributed by atoms with Crippen LogP contribution in [0.25, 0.3) is 0 Å². The van der Waals surface area contributed by atoms with E-state index >= 15 is 0 Å². The van der Waals surface area contributed by atoms with E-state index in [0.717, 1.165) is 5.56 Å². The van der Waals surface area contributed by atoms with Crippen molar-refractivity contribution in [2.24, 2.45) is 0 Å². The molecule has 1 N–H and O–H groups in total. The third-order valence-electron chi connectivity index (χ3n) is 3.15. The Labute approximate surface area is 119 Å². The minimum Gasteiger partial charge on any atom is -0.454 e. The number of ether oxygens (including phenoxy) is 1. The first-order chi connectivity index (χ1) is 9.60. The number of hydrogen-bond acceptors (Lipinski definition) is 2. The van der Waals surface area contributed by atoms with E-state index in [1.165, 1.54) is 11.6 Å². The second-order valence-electron chi connectivity index (χ2n) is 5.12. The molecular formula is C17H20FNO. The van der Waals surface area contributed by atoms with Crippen LogP contribution in [0.2, 0.25) is 0 Å². The first-order valence-electron chi connectivity index (χ1n) is 6.81. The fourth-order valence-electron chi connectivity index (χ4n) is 1.99. The second-order valence-corrected chi connectivity index (χ2v) is 5.12. The lowest BCUT2D eigenvalue weighted by atomic mass is 10.0. The summed E-state index contributed by atoms with van der Waals surface area (Å²) in [6.45, 7) is 4.91. The molecule has 0 amide bonds. The Morgan fingerprint density at radius 2 is 1.80 bits per heavy atom. The van der Waals surface area contributed by atoms with Gasteiger partial charge in [-0.05, 0) is 48.4 Å². The Morgan fingerprint density at radius 3 is 2.35 bits per heavy atom. The molecule has 2 aromatic carbocycles. The van der Waals surface area contributed by atoms with Gasteiger partial charge in [0.15, 0.2) is 11.6 Å². The third-order valence-corrected chi connectivity index (χ3v) is 3.15. The maximum Gasteiger partial charge on any atom is 0.166 e. The molecule has 0 saturated heterocycles. The second kappa shape index (κ2) is 6.53. The zero-order chi connectivity index (χ0) is 14.5. The summed E-state index contributed by atoms with van der Waals surface area (Å²) in [5.74, 6) is 1.03. The molecular weight excluding hydrogens is 253 g/mol. The molecule has 0 atom stereocenters. The van der Waals surface area contributed by atoms with Crippen molar-refractivity contribution in [2.45, 2.75) is 26.3 Å². The molecule has 0 bridgehead atoms. The molecule has 2 rings (SSSR count). The fraction of sp³-hybridized carbons (Fsp3) is 0.294. The summed E-state index contributed by atoms with van der Waals surface area (Å²) in [5.41, 5.74) is 2.13. The molecule has 106 valence electrons. The van der Waals surface area contributed by atoms with Crippen molar-refractivity contribution >= 4 is 0 Å². The van der Waals surface area contributed by atoms with E-state index in [0.29, 0.717) is 18.2 Å². The molecule has 20 heavy (non-hydrogen) atoms. The zero-order valence-electron chi connectivity index (χ0n) is 12.1. The number of hydrogen-bond donors (Lipinski definition) is 1. The minimum atomic E-state index is -0.342. The van der Waals surface area contributed by atoms with Gasteiger partial charge in [0.05, 0.1) is 0 Å². The Bertz CT molecular complexity index is 564. The van der Waals surface area contributed by atoms with E-state index in [9.17, 15) is 4.39 Å². The summed E-state index contributed by atoms with van der Waals surface area (Å²) in [5, 5.41) is 2.99. The van der Waals surface area contributed by atoms with Crippen molar-refractivity contribution < 1.29 is 9.13 Å². The van der Waals surface area contributed by atoms with Crippen LogP contribution in [-0.2, 0) is 6.54 Å². The highest BCUT2D eigenvalue weighted by molar-refractivity contribution is 5.36. The smallest absolute Gasteiger partial charge is 0.166 e. The van der Waals surface area contributed by atoms with Gasteiger partial charge in [-0.2, -0.15) is 0 Å². The van der Waals surface area contributed by atoms with Gasteiger partial charge in [-0.1, -0.05) is 32.0 Å². The first-order valence-corrected chi connectivity index (χ1v) is 6.81. The predicted molar refractivity (Wildman–Crippen MR) is 79.8 cm³/mol. The molecule has 0 aliphatic heterocycles. The molecule has 0 spiro atoms. The van der Waals surface area contributed by atoms with E-state index < -0.39 is 0 Å². The lowest BCUT2D eigenvalue weighted by Gasteiger charge is -2.10. The van der Waals surface area contributed by atoms with E-state index in [2.05, 4.69) is 19.2 Å². The lowest BCUT2D eigenvalue weighted by molar-refractivity contribution is 0.441. The van der Waals surface area contributed by atoms with Crippen molar-refractivity contribution in [3.63, 3.8) is 0 Å². The highest BCUT2D eigenvalue weighted by Gasteiger charge is 2.06. The Morgan fingerprint density at radius 1 is 1.10 bits per heavy atom. The van der Waals surface area contributed by atoms with Gasteiger partial charge in [-0.25, -0.2) is 4.39 Å². The van der Waals surface area contributed by atoms with Crippen LogP contribution < -0.4 is 10.1 Å². The molecule has 0 aliphatic rings. The molecule has 0 radical (unpaired) electrons. The van der Waals surface area contributed by atoms with Crippen molar-refractivity contribution in [1.29, 1.82) is 0 Å². The van der Waals surface area contributed by atoms with E-state index in [1.54, 1.807) is 6.07 Å². The van der Waals surface area contributed by atoms with Gasteiger partial charge in [-0.3, -0.25) is 0 Å². The number of benzene rings is 2. The molecule has 2 aromatic rings. The van der Waals surface area contributed by atoms with Gasteiger partial charge in [0.2, 0.25) is 0 Å². The van der Waals surface area contributed by atoms with E-state index in [4.69, 9.17) is 4.74 Å². The monoisotopic (exact) mass is 273 g/mol. The SMILES string of the molecule is CNCc1ccc(Oc2ccc(C(C)C)cc2)c(F)c1. The maximum absolute atomic E-state index is 13.9. The van der Waals surface area contributed by atoms with Crippen LogP contribution in [0.15, 0.2) is 42.5 Å².